The third kappa shape index (κ3) is 8.29. The maximum absolute atomic E-state index is 3.69. The quantitative estimate of drug-likeness (QED) is 0.552. The first-order chi connectivity index (χ1) is 7.11. The Morgan fingerprint density at radius 1 is 1.06 bits per heavy atom. The molecule has 0 amide bonds. The minimum Gasteiger partial charge on any atom is -0.403 e. The van der Waals surface area contributed by atoms with Gasteiger partial charge in [0.05, 0.1) is 0 Å². The fraction of sp³-hybridized carbons (Fsp3) is 0.364. The van der Waals surface area contributed by atoms with Gasteiger partial charge in [-0.2, -0.15) is 36.4 Å². The summed E-state index contributed by atoms with van der Waals surface area (Å²) in [6.07, 6.45) is 2.62. The molecule has 0 aliphatic heterocycles. The Morgan fingerprint density at radius 2 is 1.65 bits per heavy atom. The summed E-state index contributed by atoms with van der Waals surface area (Å²) in [5.74, 6) is 0. The van der Waals surface area contributed by atoms with Crippen LogP contribution in [0.4, 0.5) is 0 Å². The molecular weight excluding hydrogens is 292 g/mol. The van der Waals surface area contributed by atoms with Crippen LogP contribution in [-0.2, 0) is 5.54 Å². The zero-order chi connectivity index (χ0) is 11.1. The maximum Gasteiger partial charge on any atom is 2.00 e. The summed E-state index contributed by atoms with van der Waals surface area (Å²) in [4.78, 5) is 0. The number of hydrogen-bond donors (Lipinski definition) is 0. The van der Waals surface area contributed by atoms with Crippen LogP contribution in [0.1, 0.15) is 20.8 Å². The van der Waals surface area contributed by atoms with Crippen LogP contribution in [0.25, 0.3) is 0 Å². The topological polar surface area (TPSA) is 43.6 Å². The van der Waals surface area contributed by atoms with E-state index in [1.807, 2.05) is 51.1 Å². The first-order valence-corrected chi connectivity index (χ1v) is 4.68. The van der Waals surface area contributed by atoms with Crippen LogP contribution >= 0.6 is 17.0 Å². The van der Waals surface area contributed by atoms with Gasteiger partial charge < -0.3 is 9.78 Å². The van der Waals surface area contributed by atoms with Gasteiger partial charge in [-0.05, 0) is 20.8 Å². The molecular formula is C11H15BrMgN4. The number of rotatable bonds is 0. The van der Waals surface area contributed by atoms with Crippen molar-refractivity contribution < 1.29 is 0 Å². The van der Waals surface area contributed by atoms with E-state index in [0.29, 0.717) is 0 Å². The Hall–Kier alpha value is -0.464. The molecule has 0 atom stereocenters. The van der Waals surface area contributed by atoms with Gasteiger partial charge in [-0.3, -0.25) is 0 Å². The molecule has 6 heteroatoms. The number of tetrazole rings is 1. The normalized spacial score (nSPS) is 9.12. The number of benzene rings is 1. The average molecular weight is 307 g/mol. The minimum atomic E-state index is -0.0521. The average Bonchev–Trinajstić information content (AvgIpc) is 2.73. The SMILES string of the molecule is Br.CC(C)(C)n1[c-]nnn1.[Mg+2].[c-]1ccccc1. The van der Waals surface area contributed by atoms with Gasteiger partial charge in [-0.25, -0.2) is 6.33 Å². The van der Waals surface area contributed by atoms with Crippen molar-refractivity contribution in [2.75, 3.05) is 0 Å². The maximum atomic E-state index is 3.69. The van der Waals surface area contributed by atoms with Crippen molar-refractivity contribution >= 4 is 40.0 Å². The molecule has 1 aromatic carbocycles. The van der Waals surface area contributed by atoms with E-state index in [0.717, 1.165) is 0 Å². The summed E-state index contributed by atoms with van der Waals surface area (Å²) in [6, 6.07) is 12.5. The van der Waals surface area contributed by atoms with E-state index in [9.17, 15) is 0 Å². The molecule has 0 N–H and O–H groups in total. The minimum absolute atomic E-state index is 0. The van der Waals surface area contributed by atoms with Crippen LogP contribution in [0.5, 0.6) is 0 Å². The molecule has 0 aliphatic carbocycles. The monoisotopic (exact) mass is 306 g/mol. The molecule has 1 heterocycles. The number of hydrogen-bond acceptors (Lipinski definition) is 3. The van der Waals surface area contributed by atoms with Gasteiger partial charge in [0.2, 0.25) is 0 Å². The Bertz CT molecular complexity index is 332. The Kier molecular flexibility index (Phi) is 10.6. The van der Waals surface area contributed by atoms with Crippen molar-refractivity contribution in [1.82, 2.24) is 20.2 Å². The molecule has 0 fully saturated rings. The molecule has 88 valence electrons. The molecule has 2 rings (SSSR count). The number of halogens is 1. The van der Waals surface area contributed by atoms with Gasteiger partial charge in [-0.15, -0.1) is 17.0 Å². The zero-order valence-electron chi connectivity index (χ0n) is 10.3. The molecule has 0 saturated carbocycles. The van der Waals surface area contributed by atoms with Crippen molar-refractivity contribution in [3.63, 3.8) is 0 Å². The van der Waals surface area contributed by atoms with E-state index in [2.05, 4.69) is 27.9 Å². The molecule has 1 aromatic heterocycles. The summed E-state index contributed by atoms with van der Waals surface area (Å²) in [7, 11) is 0. The Morgan fingerprint density at radius 3 is 1.82 bits per heavy atom. The van der Waals surface area contributed by atoms with Gasteiger partial charge in [0, 0.05) is 5.54 Å². The molecule has 17 heavy (non-hydrogen) atoms. The van der Waals surface area contributed by atoms with Gasteiger partial charge in [0.15, 0.2) is 0 Å². The van der Waals surface area contributed by atoms with Crippen LogP contribution in [0.3, 0.4) is 0 Å². The molecule has 4 nitrogen and oxygen atoms in total. The third-order valence-electron chi connectivity index (χ3n) is 1.56. The summed E-state index contributed by atoms with van der Waals surface area (Å²) in [5, 5.41) is 10.5. The largest absolute Gasteiger partial charge is 2.00 e. The summed E-state index contributed by atoms with van der Waals surface area (Å²) in [5.41, 5.74) is -0.0521. The predicted molar refractivity (Wildman–Crippen MR) is 73.0 cm³/mol. The van der Waals surface area contributed by atoms with Crippen LogP contribution in [0, 0.1) is 12.4 Å². The van der Waals surface area contributed by atoms with Crippen LogP contribution in [0.15, 0.2) is 30.3 Å². The number of nitrogens with zero attached hydrogens (tertiary/aromatic N) is 4. The first-order valence-electron chi connectivity index (χ1n) is 4.68. The second kappa shape index (κ2) is 9.55. The fourth-order valence-corrected chi connectivity index (χ4v) is 0.768. The standard InChI is InChI=1S/C6H5.C5H9N4.BrH.Mg/c1-2-4-6-5-3-1;1-5(2,3)9-4-6-7-8-9;;/h1-5H;1-3H3;1H;/q2*-1;;+2. The van der Waals surface area contributed by atoms with E-state index < -0.39 is 0 Å². The van der Waals surface area contributed by atoms with Gasteiger partial charge in [0.25, 0.3) is 0 Å². The van der Waals surface area contributed by atoms with Crippen molar-refractivity contribution in [3.05, 3.63) is 42.7 Å². The van der Waals surface area contributed by atoms with E-state index >= 15 is 0 Å². The predicted octanol–water partition coefficient (Wildman–Crippen LogP) is 1.91. The Balaban J connectivity index is 0. The smallest absolute Gasteiger partial charge is 0.403 e. The van der Waals surface area contributed by atoms with Crippen LogP contribution in [-0.4, -0.2) is 43.3 Å². The first kappa shape index (κ1) is 18.9. The second-order valence-electron chi connectivity index (χ2n) is 3.94. The fourth-order valence-electron chi connectivity index (χ4n) is 0.768. The number of aromatic nitrogens is 4. The van der Waals surface area contributed by atoms with Gasteiger partial charge in [0.1, 0.15) is 0 Å². The molecule has 0 saturated heterocycles. The summed E-state index contributed by atoms with van der Waals surface area (Å²) < 4.78 is 1.59. The Labute approximate surface area is 129 Å². The van der Waals surface area contributed by atoms with Gasteiger partial charge in [-0.1, -0.05) is 10.4 Å². The molecule has 0 aliphatic rings. The second-order valence-corrected chi connectivity index (χ2v) is 3.94. The van der Waals surface area contributed by atoms with E-state index in [1.54, 1.807) is 4.68 Å². The van der Waals surface area contributed by atoms with Crippen molar-refractivity contribution in [3.8, 4) is 0 Å². The van der Waals surface area contributed by atoms with Crippen LogP contribution < -0.4 is 0 Å². The van der Waals surface area contributed by atoms with E-state index in [-0.39, 0.29) is 45.6 Å². The molecule has 0 unspecified atom stereocenters. The molecule has 0 radical (unpaired) electrons. The summed E-state index contributed by atoms with van der Waals surface area (Å²) >= 11 is 0. The van der Waals surface area contributed by atoms with Crippen molar-refractivity contribution in [2.24, 2.45) is 0 Å². The van der Waals surface area contributed by atoms with Crippen molar-refractivity contribution in [1.29, 1.82) is 0 Å². The molecule has 0 spiro atoms. The van der Waals surface area contributed by atoms with E-state index in [1.165, 1.54) is 0 Å². The molecule has 0 bridgehead atoms. The van der Waals surface area contributed by atoms with Gasteiger partial charge >= 0.3 is 23.1 Å². The van der Waals surface area contributed by atoms with E-state index in [4.69, 9.17) is 0 Å². The molecule has 2 aromatic rings. The van der Waals surface area contributed by atoms with Crippen LogP contribution in [0.2, 0.25) is 0 Å². The van der Waals surface area contributed by atoms with Crippen molar-refractivity contribution in [2.45, 2.75) is 26.3 Å². The summed E-state index contributed by atoms with van der Waals surface area (Å²) in [6.45, 7) is 6.04. The third-order valence-corrected chi connectivity index (χ3v) is 1.56. The zero-order valence-corrected chi connectivity index (χ0v) is 13.4.